The van der Waals surface area contributed by atoms with Gasteiger partial charge in [0.1, 0.15) is 11.6 Å². The van der Waals surface area contributed by atoms with Crippen molar-refractivity contribution in [1.29, 1.82) is 0 Å². The summed E-state index contributed by atoms with van der Waals surface area (Å²) in [5.74, 6) is 0.866. The minimum Gasteiger partial charge on any atom is -0.496 e. The van der Waals surface area contributed by atoms with E-state index in [2.05, 4.69) is 10.3 Å². The molecule has 0 saturated carbocycles. The summed E-state index contributed by atoms with van der Waals surface area (Å²) < 4.78 is 5.07. The monoisotopic (exact) mass is 196 g/mol. The van der Waals surface area contributed by atoms with E-state index in [1.54, 1.807) is 13.8 Å². The van der Waals surface area contributed by atoms with Crippen molar-refractivity contribution in [2.24, 2.45) is 0 Å². The van der Waals surface area contributed by atoms with Gasteiger partial charge in [0.2, 0.25) is 6.41 Å². The van der Waals surface area contributed by atoms with Crippen molar-refractivity contribution in [3.8, 4) is 5.75 Å². The van der Waals surface area contributed by atoms with Gasteiger partial charge >= 0.3 is 0 Å². The van der Waals surface area contributed by atoms with Gasteiger partial charge in [-0.3, -0.25) is 9.59 Å². The molecule has 0 saturated heterocycles. The summed E-state index contributed by atoms with van der Waals surface area (Å²) in [6.07, 6.45) is 0.507. The molecule has 0 bridgehead atoms. The number of pyridine rings is 1. The molecular formula is C9H12N2O3. The molecule has 76 valence electrons. The Morgan fingerprint density at radius 1 is 1.36 bits per heavy atom. The summed E-state index contributed by atoms with van der Waals surface area (Å²) in [6, 6.07) is 0. The van der Waals surface area contributed by atoms with Crippen LogP contribution in [0, 0.1) is 13.8 Å². The maximum atomic E-state index is 11.4. The number of nitrogens with one attached hydrogen (secondary N) is 2. The summed E-state index contributed by atoms with van der Waals surface area (Å²) in [6.45, 7) is 3.42. The molecule has 1 heterocycles. The minimum absolute atomic E-state index is 0.267. The molecule has 0 fully saturated rings. The quantitative estimate of drug-likeness (QED) is 0.694. The molecular weight excluding hydrogens is 184 g/mol. The Labute approximate surface area is 81.1 Å². The summed E-state index contributed by atoms with van der Waals surface area (Å²) in [5, 5.41) is 2.40. The Morgan fingerprint density at radius 2 is 2.00 bits per heavy atom. The smallest absolute Gasteiger partial charge is 0.256 e. The molecule has 14 heavy (non-hydrogen) atoms. The highest BCUT2D eigenvalue weighted by Gasteiger charge is 2.11. The summed E-state index contributed by atoms with van der Waals surface area (Å²) in [5.41, 5.74) is 0.940. The highest BCUT2D eigenvalue weighted by molar-refractivity contribution is 5.72. The lowest BCUT2D eigenvalue weighted by atomic mass is 10.2. The molecule has 2 N–H and O–H groups in total. The zero-order valence-corrected chi connectivity index (χ0v) is 8.30. The lowest BCUT2D eigenvalue weighted by Crippen LogP contribution is -2.15. The number of hydrogen-bond donors (Lipinski definition) is 2. The van der Waals surface area contributed by atoms with Crippen LogP contribution in [0.3, 0.4) is 0 Å². The molecule has 0 atom stereocenters. The third-order valence-electron chi connectivity index (χ3n) is 2.04. The molecule has 1 amide bonds. The second kappa shape index (κ2) is 3.95. The van der Waals surface area contributed by atoms with Crippen LogP contribution < -0.4 is 15.6 Å². The zero-order chi connectivity index (χ0) is 10.7. The predicted molar refractivity (Wildman–Crippen MR) is 52.8 cm³/mol. The third-order valence-corrected chi connectivity index (χ3v) is 2.04. The number of H-pyrrole nitrogens is 1. The van der Waals surface area contributed by atoms with Gasteiger partial charge in [-0.1, -0.05) is 0 Å². The summed E-state index contributed by atoms with van der Waals surface area (Å²) in [4.78, 5) is 24.1. The van der Waals surface area contributed by atoms with Gasteiger partial charge in [-0.25, -0.2) is 0 Å². The van der Waals surface area contributed by atoms with E-state index in [9.17, 15) is 9.59 Å². The maximum absolute atomic E-state index is 11.4. The Balaban J connectivity index is 3.42. The van der Waals surface area contributed by atoms with Crippen molar-refractivity contribution in [2.45, 2.75) is 13.8 Å². The van der Waals surface area contributed by atoms with Crippen molar-refractivity contribution in [3.05, 3.63) is 21.5 Å². The van der Waals surface area contributed by atoms with Crippen LogP contribution in [-0.4, -0.2) is 18.5 Å². The first-order valence-electron chi connectivity index (χ1n) is 4.09. The number of ether oxygens (including phenoxy) is 1. The average Bonchev–Trinajstić information content (AvgIpc) is 2.16. The van der Waals surface area contributed by atoms with Crippen LogP contribution in [0.4, 0.5) is 5.82 Å². The third kappa shape index (κ3) is 1.61. The lowest BCUT2D eigenvalue weighted by molar-refractivity contribution is -0.105. The largest absolute Gasteiger partial charge is 0.496 e. The number of carbonyl (C=O) groups is 1. The Kier molecular flexibility index (Phi) is 2.91. The Bertz CT molecular complexity index is 409. The highest BCUT2D eigenvalue weighted by atomic mass is 16.5. The Hall–Kier alpha value is -1.78. The number of aromatic nitrogens is 1. The second-order valence-electron chi connectivity index (χ2n) is 2.87. The number of amides is 1. The summed E-state index contributed by atoms with van der Waals surface area (Å²) >= 11 is 0. The number of anilines is 1. The number of methoxy groups -OCH3 is 1. The van der Waals surface area contributed by atoms with Gasteiger partial charge in [0.15, 0.2) is 0 Å². The first-order chi connectivity index (χ1) is 6.61. The van der Waals surface area contributed by atoms with E-state index in [-0.39, 0.29) is 5.56 Å². The Morgan fingerprint density at radius 3 is 2.50 bits per heavy atom. The van der Waals surface area contributed by atoms with Gasteiger partial charge in [-0.2, -0.15) is 0 Å². The lowest BCUT2D eigenvalue weighted by Gasteiger charge is -2.11. The SMILES string of the molecule is COc1c(C)c(NC=O)[nH]c(=O)c1C. The van der Waals surface area contributed by atoms with Crippen LogP contribution in [0.2, 0.25) is 0 Å². The van der Waals surface area contributed by atoms with Gasteiger partial charge in [0.25, 0.3) is 5.56 Å². The van der Waals surface area contributed by atoms with Gasteiger partial charge in [0.05, 0.1) is 12.7 Å². The van der Waals surface area contributed by atoms with Gasteiger partial charge in [-0.05, 0) is 13.8 Å². The molecule has 0 aliphatic rings. The molecule has 0 unspecified atom stereocenters. The molecule has 0 radical (unpaired) electrons. The van der Waals surface area contributed by atoms with Crippen LogP contribution in [0.25, 0.3) is 0 Å². The maximum Gasteiger partial charge on any atom is 0.256 e. The standard InChI is InChI=1S/C9H12N2O3/c1-5-7(14-3)6(2)9(13)11-8(5)10-4-12/h4H,1-3H3,(H2,10,11,12,13). The molecule has 1 rings (SSSR count). The van der Waals surface area contributed by atoms with Gasteiger partial charge < -0.3 is 15.0 Å². The second-order valence-corrected chi connectivity index (χ2v) is 2.87. The van der Waals surface area contributed by atoms with Crippen molar-refractivity contribution in [2.75, 3.05) is 12.4 Å². The van der Waals surface area contributed by atoms with Crippen molar-refractivity contribution >= 4 is 12.2 Å². The zero-order valence-electron chi connectivity index (χ0n) is 8.30. The number of carbonyl (C=O) groups excluding carboxylic acids is 1. The van der Waals surface area contributed by atoms with Crippen molar-refractivity contribution in [1.82, 2.24) is 4.98 Å². The number of rotatable bonds is 3. The van der Waals surface area contributed by atoms with E-state index in [0.717, 1.165) is 0 Å². The molecule has 1 aromatic heterocycles. The van der Waals surface area contributed by atoms with E-state index in [1.165, 1.54) is 7.11 Å². The first-order valence-corrected chi connectivity index (χ1v) is 4.09. The van der Waals surface area contributed by atoms with Crippen LogP contribution in [0.1, 0.15) is 11.1 Å². The van der Waals surface area contributed by atoms with Gasteiger partial charge in [0, 0.05) is 5.56 Å². The number of aromatic amines is 1. The molecule has 1 aromatic rings. The van der Waals surface area contributed by atoms with E-state index in [0.29, 0.717) is 29.1 Å². The van der Waals surface area contributed by atoms with Crippen LogP contribution in [0.15, 0.2) is 4.79 Å². The summed E-state index contributed by atoms with van der Waals surface area (Å²) in [7, 11) is 1.49. The minimum atomic E-state index is -0.267. The van der Waals surface area contributed by atoms with E-state index in [4.69, 9.17) is 4.74 Å². The fourth-order valence-electron chi connectivity index (χ4n) is 1.31. The van der Waals surface area contributed by atoms with Crippen molar-refractivity contribution < 1.29 is 9.53 Å². The first kappa shape index (κ1) is 10.3. The topological polar surface area (TPSA) is 71.2 Å². The van der Waals surface area contributed by atoms with E-state index < -0.39 is 0 Å². The van der Waals surface area contributed by atoms with E-state index in [1.807, 2.05) is 0 Å². The molecule has 0 aromatic carbocycles. The van der Waals surface area contributed by atoms with Gasteiger partial charge in [-0.15, -0.1) is 0 Å². The molecule has 0 aliphatic heterocycles. The normalized spacial score (nSPS) is 9.64. The number of hydrogen-bond acceptors (Lipinski definition) is 3. The van der Waals surface area contributed by atoms with Crippen LogP contribution in [0.5, 0.6) is 5.75 Å². The average molecular weight is 196 g/mol. The highest BCUT2D eigenvalue weighted by Crippen LogP contribution is 2.23. The van der Waals surface area contributed by atoms with Crippen LogP contribution >= 0.6 is 0 Å². The molecule has 0 aliphatic carbocycles. The molecule has 5 heteroatoms. The molecule has 5 nitrogen and oxygen atoms in total. The van der Waals surface area contributed by atoms with E-state index >= 15 is 0 Å². The predicted octanol–water partition coefficient (Wildman–Crippen LogP) is 0.569. The van der Waals surface area contributed by atoms with Crippen LogP contribution in [-0.2, 0) is 4.79 Å². The molecule has 0 spiro atoms. The fourth-order valence-corrected chi connectivity index (χ4v) is 1.31. The fraction of sp³-hybridized carbons (Fsp3) is 0.333. The van der Waals surface area contributed by atoms with Crippen molar-refractivity contribution in [3.63, 3.8) is 0 Å².